The van der Waals surface area contributed by atoms with E-state index in [-0.39, 0.29) is 23.4 Å². The first-order valence-electron chi connectivity index (χ1n) is 11.9. The van der Waals surface area contributed by atoms with E-state index in [9.17, 15) is 9.59 Å². The number of rotatable bonds is 5. The molecule has 3 amide bonds. The number of nitrogens with zero attached hydrogens (tertiary/aromatic N) is 2. The molecule has 31 heavy (non-hydrogen) atoms. The average molecular weight is 429 g/mol. The van der Waals surface area contributed by atoms with E-state index in [1.54, 1.807) is 0 Å². The van der Waals surface area contributed by atoms with Gasteiger partial charge in [0.2, 0.25) is 5.91 Å². The highest BCUT2D eigenvalue weighted by molar-refractivity contribution is 5.89. The molecule has 1 aromatic rings. The fraction of sp³-hybridized carbons (Fsp3) is 0.667. The number of ether oxygens (including phenoxy) is 1. The molecule has 2 N–H and O–H groups in total. The Kier molecular flexibility index (Phi) is 7.45. The van der Waals surface area contributed by atoms with E-state index >= 15 is 0 Å². The summed E-state index contributed by atoms with van der Waals surface area (Å²) >= 11 is 0. The lowest BCUT2D eigenvalue weighted by molar-refractivity contribution is -0.127. The Bertz CT molecular complexity index is 722. The number of piperidine rings is 1. The summed E-state index contributed by atoms with van der Waals surface area (Å²) in [6.07, 6.45) is 7.53. The van der Waals surface area contributed by atoms with Crippen molar-refractivity contribution in [3.63, 3.8) is 0 Å². The lowest BCUT2D eigenvalue weighted by Crippen LogP contribution is -2.60. The smallest absolute Gasteiger partial charge is 0.321 e. The van der Waals surface area contributed by atoms with Crippen molar-refractivity contribution in [3.05, 3.63) is 30.3 Å². The van der Waals surface area contributed by atoms with Crippen LogP contribution < -0.4 is 10.6 Å². The molecule has 0 unspecified atom stereocenters. The second-order valence-electron chi connectivity index (χ2n) is 9.16. The number of likely N-dealkylation sites (tertiary alicyclic amines) is 1. The van der Waals surface area contributed by atoms with Crippen LogP contribution in [0.4, 0.5) is 10.5 Å². The Morgan fingerprint density at radius 2 is 1.65 bits per heavy atom. The molecule has 1 aromatic carbocycles. The number of nitrogens with one attached hydrogen (secondary N) is 2. The van der Waals surface area contributed by atoms with Gasteiger partial charge in [-0.05, 0) is 37.8 Å². The number of anilines is 1. The van der Waals surface area contributed by atoms with E-state index in [1.165, 1.54) is 19.3 Å². The number of amides is 3. The van der Waals surface area contributed by atoms with Gasteiger partial charge in [-0.1, -0.05) is 37.5 Å². The largest absolute Gasteiger partial charge is 0.379 e. The molecular formula is C24H36N4O3. The Balaban J connectivity index is 1.26. The summed E-state index contributed by atoms with van der Waals surface area (Å²) in [5.41, 5.74) is 0.891. The van der Waals surface area contributed by atoms with E-state index in [1.807, 2.05) is 35.2 Å². The van der Waals surface area contributed by atoms with Gasteiger partial charge in [-0.3, -0.25) is 9.69 Å². The number of hydrogen-bond acceptors (Lipinski definition) is 4. The molecule has 3 aliphatic rings. The van der Waals surface area contributed by atoms with Crippen molar-refractivity contribution in [3.8, 4) is 0 Å². The van der Waals surface area contributed by atoms with Crippen LogP contribution in [-0.4, -0.2) is 73.2 Å². The van der Waals surface area contributed by atoms with Crippen LogP contribution in [0.5, 0.6) is 0 Å². The molecular weight excluding hydrogens is 392 g/mol. The number of morpholine rings is 1. The van der Waals surface area contributed by atoms with Gasteiger partial charge in [0, 0.05) is 49.9 Å². The Morgan fingerprint density at radius 3 is 2.32 bits per heavy atom. The summed E-state index contributed by atoms with van der Waals surface area (Å²) in [5, 5.41) is 6.24. The van der Waals surface area contributed by atoms with Crippen molar-refractivity contribution in [2.24, 2.45) is 5.92 Å². The first-order valence-corrected chi connectivity index (χ1v) is 11.9. The molecule has 0 bridgehead atoms. The van der Waals surface area contributed by atoms with Crippen LogP contribution in [0.15, 0.2) is 30.3 Å². The lowest BCUT2D eigenvalue weighted by atomic mass is 9.79. The van der Waals surface area contributed by atoms with Gasteiger partial charge in [-0.2, -0.15) is 0 Å². The van der Waals surface area contributed by atoms with Crippen LogP contribution >= 0.6 is 0 Å². The predicted octanol–water partition coefficient (Wildman–Crippen LogP) is 3.08. The highest BCUT2D eigenvalue weighted by Gasteiger charge is 2.39. The van der Waals surface area contributed by atoms with Crippen molar-refractivity contribution in [1.29, 1.82) is 0 Å². The molecule has 170 valence electrons. The van der Waals surface area contributed by atoms with Gasteiger partial charge in [0.25, 0.3) is 0 Å². The second-order valence-corrected chi connectivity index (χ2v) is 9.16. The van der Waals surface area contributed by atoms with Crippen molar-refractivity contribution < 1.29 is 14.3 Å². The minimum Gasteiger partial charge on any atom is -0.379 e. The van der Waals surface area contributed by atoms with Gasteiger partial charge in [-0.15, -0.1) is 0 Å². The van der Waals surface area contributed by atoms with Crippen LogP contribution in [0.3, 0.4) is 0 Å². The maximum absolute atomic E-state index is 13.0. The Morgan fingerprint density at radius 1 is 0.968 bits per heavy atom. The molecule has 2 heterocycles. The third kappa shape index (κ3) is 5.57. The minimum atomic E-state index is -0.0847. The summed E-state index contributed by atoms with van der Waals surface area (Å²) in [5.74, 6) is 0.146. The van der Waals surface area contributed by atoms with Crippen LogP contribution in [0.25, 0.3) is 0 Å². The number of benzene rings is 1. The van der Waals surface area contributed by atoms with Crippen molar-refractivity contribution in [2.75, 3.05) is 51.3 Å². The summed E-state index contributed by atoms with van der Waals surface area (Å²) in [4.78, 5) is 29.8. The summed E-state index contributed by atoms with van der Waals surface area (Å²) in [7, 11) is 0. The first-order chi connectivity index (χ1) is 15.2. The molecule has 1 saturated carbocycles. The van der Waals surface area contributed by atoms with Crippen molar-refractivity contribution in [2.45, 2.75) is 50.5 Å². The molecule has 7 nitrogen and oxygen atoms in total. The van der Waals surface area contributed by atoms with Gasteiger partial charge in [0.1, 0.15) is 0 Å². The van der Waals surface area contributed by atoms with Crippen molar-refractivity contribution in [1.82, 2.24) is 15.1 Å². The molecule has 0 atom stereocenters. The average Bonchev–Trinajstić information content (AvgIpc) is 2.84. The molecule has 2 aliphatic heterocycles. The SMILES string of the molecule is O=C(NCC1(N2CCOCC2)CCCCC1)C1CCN(C(=O)Nc2ccccc2)CC1. The van der Waals surface area contributed by atoms with E-state index in [0.717, 1.165) is 64.2 Å². The number of hydrogen-bond donors (Lipinski definition) is 2. The maximum atomic E-state index is 13.0. The lowest BCUT2D eigenvalue weighted by Gasteiger charge is -2.48. The van der Waals surface area contributed by atoms with Crippen LogP contribution in [-0.2, 0) is 9.53 Å². The number of carbonyl (C=O) groups excluding carboxylic acids is 2. The second kappa shape index (κ2) is 10.5. The third-order valence-electron chi connectivity index (χ3n) is 7.24. The van der Waals surface area contributed by atoms with E-state index in [2.05, 4.69) is 15.5 Å². The Hall–Kier alpha value is -2.12. The predicted molar refractivity (Wildman–Crippen MR) is 121 cm³/mol. The summed E-state index contributed by atoms with van der Waals surface area (Å²) < 4.78 is 5.56. The molecule has 0 radical (unpaired) electrons. The van der Waals surface area contributed by atoms with E-state index < -0.39 is 0 Å². The van der Waals surface area contributed by atoms with Crippen LogP contribution in [0.1, 0.15) is 44.9 Å². The van der Waals surface area contributed by atoms with E-state index in [0.29, 0.717) is 13.1 Å². The zero-order chi connectivity index (χ0) is 21.5. The van der Waals surface area contributed by atoms with Gasteiger partial charge in [-0.25, -0.2) is 4.79 Å². The monoisotopic (exact) mass is 428 g/mol. The minimum absolute atomic E-state index is 0.00824. The fourth-order valence-corrected chi connectivity index (χ4v) is 5.32. The molecule has 7 heteroatoms. The third-order valence-corrected chi connectivity index (χ3v) is 7.24. The normalized spacial score (nSPS) is 22.6. The van der Waals surface area contributed by atoms with Gasteiger partial charge < -0.3 is 20.3 Å². The summed E-state index contributed by atoms with van der Waals surface area (Å²) in [6.45, 7) is 5.48. The van der Waals surface area contributed by atoms with Crippen molar-refractivity contribution >= 4 is 17.6 Å². The molecule has 4 rings (SSSR count). The fourth-order valence-electron chi connectivity index (χ4n) is 5.32. The quantitative estimate of drug-likeness (QED) is 0.756. The zero-order valence-corrected chi connectivity index (χ0v) is 18.5. The standard InChI is InChI=1S/C24H36N4O3/c29-22(25-19-24(11-5-2-6-12-24)28-15-17-31-18-16-28)20-9-13-27(14-10-20)23(30)26-21-7-3-1-4-8-21/h1,3-4,7-8,20H,2,5-6,9-19H2,(H,25,29)(H,26,30). The first kappa shape index (κ1) is 22.1. The van der Waals surface area contributed by atoms with E-state index in [4.69, 9.17) is 4.74 Å². The highest BCUT2D eigenvalue weighted by atomic mass is 16.5. The molecule has 0 spiro atoms. The Labute approximate surface area is 185 Å². The van der Waals surface area contributed by atoms with Crippen LogP contribution in [0.2, 0.25) is 0 Å². The zero-order valence-electron chi connectivity index (χ0n) is 18.5. The molecule has 0 aromatic heterocycles. The highest BCUT2D eigenvalue weighted by Crippen LogP contribution is 2.34. The molecule has 3 fully saturated rings. The van der Waals surface area contributed by atoms with Crippen LogP contribution in [0, 0.1) is 5.92 Å². The summed E-state index contributed by atoms with van der Waals surface area (Å²) in [6, 6.07) is 9.42. The van der Waals surface area contributed by atoms with Gasteiger partial charge in [0.15, 0.2) is 0 Å². The maximum Gasteiger partial charge on any atom is 0.321 e. The number of carbonyl (C=O) groups is 2. The number of urea groups is 1. The number of para-hydroxylation sites is 1. The molecule has 1 aliphatic carbocycles. The molecule has 2 saturated heterocycles. The van der Waals surface area contributed by atoms with Gasteiger partial charge >= 0.3 is 6.03 Å². The van der Waals surface area contributed by atoms with Gasteiger partial charge in [0.05, 0.1) is 13.2 Å². The topological polar surface area (TPSA) is 73.9 Å².